The summed E-state index contributed by atoms with van der Waals surface area (Å²) in [4.78, 5) is 10.2. The van der Waals surface area contributed by atoms with Gasteiger partial charge >= 0.3 is 0 Å². The molecule has 1 fully saturated rings. The zero-order valence-electron chi connectivity index (χ0n) is 11.4. The molecule has 2 N–H and O–H groups in total. The van der Waals surface area contributed by atoms with Crippen molar-refractivity contribution in [3.63, 3.8) is 0 Å². The molecule has 0 amide bonds. The highest BCUT2D eigenvalue weighted by Gasteiger charge is 2.27. The van der Waals surface area contributed by atoms with Crippen LogP contribution >= 0.6 is 15.9 Å². The molecule has 1 aliphatic heterocycles. The fourth-order valence-corrected chi connectivity index (χ4v) is 4.33. The second kappa shape index (κ2) is 6.39. The highest BCUT2D eigenvalue weighted by atomic mass is 79.9. The van der Waals surface area contributed by atoms with Gasteiger partial charge in [-0.25, -0.2) is 13.1 Å². The van der Waals surface area contributed by atoms with Gasteiger partial charge in [0.05, 0.1) is 14.3 Å². The first-order valence-corrected chi connectivity index (χ1v) is 8.78. The van der Waals surface area contributed by atoms with Gasteiger partial charge in [0.2, 0.25) is 10.0 Å². The molecule has 0 spiro atoms. The summed E-state index contributed by atoms with van der Waals surface area (Å²) in [6, 6.07) is 3.54. The van der Waals surface area contributed by atoms with Gasteiger partial charge < -0.3 is 5.32 Å². The van der Waals surface area contributed by atoms with E-state index >= 15 is 0 Å². The molecule has 0 saturated carbocycles. The second-order valence-corrected chi connectivity index (χ2v) is 7.55. The van der Waals surface area contributed by atoms with Crippen LogP contribution in [-0.2, 0) is 10.0 Å². The van der Waals surface area contributed by atoms with E-state index in [1.165, 1.54) is 18.2 Å². The van der Waals surface area contributed by atoms with Crippen LogP contribution in [0.3, 0.4) is 0 Å². The van der Waals surface area contributed by atoms with Crippen molar-refractivity contribution < 1.29 is 13.3 Å². The van der Waals surface area contributed by atoms with E-state index in [0.29, 0.717) is 0 Å². The minimum absolute atomic E-state index is 0.0118. The van der Waals surface area contributed by atoms with E-state index in [1.807, 2.05) is 6.92 Å². The summed E-state index contributed by atoms with van der Waals surface area (Å²) in [5.41, 5.74) is -0.165. The molecule has 21 heavy (non-hydrogen) atoms. The molecule has 0 bridgehead atoms. The van der Waals surface area contributed by atoms with Gasteiger partial charge in [0.25, 0.3) is 5.69 Å². The van der Waals surface area contributed by atoms with Crippen molar-refractivity contribution in [1.82, 2.24) is 10.0 Å². The topological polar surface area (TPSA) is 101 Å². The van der Waals surface area contributed by atoms with Crippen molar-refractivity contribution in [1.29, 1.82) is 0 Å². The van der Waals surface area contributed by atoms with E-state index in [-0.39, 0.29) is 27.1 Å². The fourth-order valence-electron chi connectivity index (χ4n) is 2.28. The van der Waals surface area contributed by atoms with Gasteiger partial charge in [0.1, 0.15) is 0 Å². The third-order valence-corrected chi connectivity index (χ3v) is 5.62. The first kappa shape index (κ1) is 16.3. The lowest BCUT2D eigenvalue weighted by Gasteiger charge is -2.30. The lowest BCUT2D eigenvalue weighted by molar-refractivity contribution is -0.385. The maximum absolute atomic E-state index is 12.3. The Morgan fingerprint density at radius 1 is 1.48 bits per heavy atom. The number of hydrogen-bond donors (Lipinski definition) is 2. The third-order valence-electron chi connectivity index (χ3n) is 3.49. The number of sulfonamides is 1. The molecule has 0 aromatic heterocycles. The summed E-state index contributed by atoms with van der Waals surface area (Å²) < 4.78 is 27.5. The summed E-state index contributed by atoms with van der Waals surface area (Å²) in [6.07, 6.45) is 1.67. The molecule has 1 heterocycles. The lowest BCUT2D eigenvalue weighted by Crippen LogP contribution is -2.51. The van der Waals surface area contributed by atoms with E-state index < -0.39 is 14.9 Å². The molecule has 7 nitrogen and oxygen atoms in total. The molecular weight excluding hydrogens is 362 g/mol. The van der Waals surface area contributed by atoms with Crippen molar-refractivity contribution in [3.8, 4) is 0 Å². The summed E-state index contributed by atoms with van der Waals surface area (Å²) in [7, 11) is -3.70. The average Bonchev–Trinajstić information content (AvgIpc) is 2.40. The van der Waals surface area contributed by atoms with Gasteiger partial charge in [-0.15, -0.1) is 0 Å². The number of hydrogen-bond acceptors (Lipinski definition) is 5. The summed E-state index contributed by atoms with van der Waals surface area (Å²) in [5, 5.41) is 14.0. The number of nitro benzene ring substituents is 1. The predicted octanol–water partition coefficient (Wildman–Crippen LogP) is 1.78. The van der Waals surface area contributed by atoms with Crippen LogP contribution in [0.4, 0.5) is 5.69 Å². The standard InChI is InChI=1S/C12H16BrN3O4S/c1-8-11(3-2-6-14-8)15-21(19,20)9-4-5-12(16(17)18)10(13)7-9/h4-5,7-8,11,14-15H,2-3,6H2,1H3. The van der Waals surface area contributed by atoms with Crippen LogP contribution in [-0.4, -0.2) is 32.0 Å². The van der Waals surface area contributed by atoms with E-state index in [2.05, 4.69) is 26.0 Å². The molecule has 2 atom stereocenters. The third kappa shape index (κ3) is 3.79. The van der Waals surface area contributed by atoms with Crippen LogP contribution in [0.2, 0.25) is 0 Å². The summed E-state index contributed by atoms with van der Waals surface area (Å²) >= 11 is 3.03. The molecule has 1 aliphatic rings. The van der Waals surface area contributed by atoms with E-state index in [1.54, 1.807) is 0 Å². The number of nitro groups is 1. The molecule has 1 saturated heterocycles. The Kier molecular flexibility index (Phi) is 4.97. The van der Waals surface area contributed by atoms with Crippen molar-refractivity contribution in [3.05, 3.63) is 32.8 Å². The Balaban J connectivity index is 2.23. The Bertz CT molecular complexity index is 650. The minimum atomic E-state index is -3.70. The first-order chi connectivity index (χ1) is 9.81. The van der Waals surface area contributed by atoms with Crippen LogP contribution in [0.15, 0.2) is 27.6 Å². The second-order valence-electron chi connectivity index (χ2n) is 4.98. The maximum atomic E-state index is 12.3. The van der Waals surface area contributed by atoms with E-state index in [4.69, 9.17) is 0 Å². The number of piperidine rings is 1. The molecule has 0 radical (unpaired) electrons. The van der Waals surface area contributed by atoms with Crippen molar-refractivity contribution in [2.45, 2.75) is 36.7 Å². The van der Waals surface area contributed by atoms with Crippen LogP contribution in [0.25, 0.3) is 0 Å². The highest BCUT2D eigenvalue weighted by molar-refractivity contribution is 9.10. The first-order valence-electron chi connectivity index (χ1n) is 6.51. The Hall–Kier alpha value is -1.03. The zero-order chi connectivity index (χ0) is 15.6. The molecule has 2 rings (SSSR count). The number of benzene rings is 1. The monoisotopic (exact) mass is 377 g/mol. The van der Waals surface area contributed by atoms with Gasteiger partial charge in [-0.1, -0.05) is 0 Å². The van der Waals surface area contributed by atoms with E-state index in [0.717, 1.165) is 19.4 Å². The normalized spacial score (nSPS) is 23.0. The van der Waals surface area contributed by atoms with Gasteiger partial charge in [-0.2, -0.15) is 0 Å². The van der Waals surface area contributed by atoms with Gasteiger partial charge in [-0.3, -0.25) is 10.1 Å². The van der Waals surface area contributed by atoms with Crippen LogP contribution in [0.1, 0.15) is 19.8 Å². The van der Waals surface area contributed by atoms with Gasteiger partial charge in [-0.05, 0) is 54.4 Å². The van der Waals surface area contributed by atoms with Crippen molar-refractivity contribution >= 4 is 31.6 Å². The van der Waals surface area contributed by atoms with Gasteiger partial charge in [0.15, 0.2) is 0 Å². The SMILES string of the molecule is CC1NCCCC1NS(=O)(=O)c1ccc([N+](=O)[O-])c(Br)c1. The van der Waals surface area contributed by atoms with Crippen LogP contribution in [0, 0.1) is 10.1 Å². The van der Waals surface area contributed by atoms with E-state index in [9.17, 15) is 18.5 Å². The highest BCUT2D eigenvalue weighted by Crippen LogP contribution is 2.27. The molecule has 116 valence electrons. The predicted molar refractivity (Wildman–Crippen MR) is 81.6 cm³/mol. The largest absolute Gasteiger partial charge is 0.313 e. The quantitative estimate of drug-likeness (QED) is 0.614. The maximum Gasteiger partial charge on any atom is 0.283 e. The van der Waals surface area contributed by atoms with Crippen molar-refractivity contribution in [2.24, 2.45) is 0 Å². The molecule has 1 aromatic carbocycles. The number of nitrogens with zero attached hydrogens (tertiary/aromatic N) is 1. The Labute approximate surface area is 131 Å². The smallest absolute Gasteiger partial charge is 0.283 e. The number of halogens is 1. The molecule has 0 aliphatic carbocycles. The lowest BCUT2D eigenvalue weighted by atomic mass is 10.0. The van der Waals surface area contributed by atoms with Crippen LogP contribution in [0.5, 0.6) is 0 Å². The van der Waals surface area contributed by atoms with Gasteiger partial charge in [0, 0.05) is 18.2 Å². The summed E-state index contributed by atoms with van der Waals surface area (Å²) in [5.74, 6) is 0. The number of nitrogens with one attached hydrogen (secondary N) is 2. The Morgan fingerprint density at radius 2 is 2.19 bits per heavy atom. The van der Waals surface area contributed by atoms with Crippen molar-refractivity contribution in [2.75, 3.05) is 6.54 Å². The summed E-state index contributed by atoms with van der Waals surface area (Å²) in [6.45, 7) is 2.81. The molecule has 2 unspecified atom stereocenters. The fraction of sp³-hybridized carbons (Fsp3) is 0.500. The van der Waals surface area contributed by atoms with Crippen LogP contribution < -0.4 is 10.0 Å². The molecule has 1 aromatic rings. The Morgan fingerprint density at radius 3 is 2.76 bits per heavy atom. The molecular formula is C12H16BrN3O4S. The number of rotatable bonds is 4. The minimum Gasteiger partial charge on any atom is -0.313 e. The average molecular weight is 378 g/mol. The molecule has 9 heteroatoms. The zero-order valence-corrected chi connectivity index (χ0v) is 13.8.